The zero-order chi connectivity index (χ0) is 46.2. The molecular formula is C45H83N3O13. The molecule has 16 heteroatoms. The fourth-order valence-electron chi connectivity index (χ4n) is 9.53. The van der Waals surface area contributed by atoms with E-state index in [1.165, 1.54) is 14.0 Å². The maximum Gasteiger partial charge on any atom is 0.311 e. The van der Waals surface area contributed by atoms with E-state index < -0.39 is 96.0 Å². The number of aliphatic hydroxyl groups is 4. The van der Waals surface area contributed by atoms with E-state index >= 15 is 0 Å². The molecule has 0 aliphatic carbocycles. The van der Waals surface area contributed by atoms with Crippen LogP contribution in [0.2, 0.25) is 0 Å². The Labute approximate surface area is 365 Å². The lowest BCUT2D eigenvalue weighted by Crippen LogP contribution is -2.61. The molecule has 0 aromatic carbocycles. The standard InChI is InChI=1S/C45H83N3O13/c1-16-33-45(12,54)38(50)30(8)48(14)24-26(4)22-43(10,53)40(28(6)36(29(7)41(52)59-33)60-35-23-44(11,55-15)39(51)31(9)58-35)61-42-37(32(46-13)21-27(5)57-42)56-19-17-18-47-34(49)20-25(2)3/h20,26-33,35-40,42,46,50-51,53-54H,16-19,21-24H2,1-15H3,(H,47,49)/t26-,27-,28+,29-,30-,31+,32+,33-,35+,36+,37-,38-,39+,40-,42?,43?,44?,45-/m1/s1. The summed E-state index contributed by atoms with van der Waals surface area (Å²) in [7, 11) is 5.21. The van der Waals surface area contributed by atoms with Crippen LogP contribution in [0.25, 0.3) is 0 Å². The predicted molar refractivity (Wildman–Crippen MR) is 230 cm³/mol. The van der Waals surface area contributed by atoms with Gasteiger partial charge >= 0.3 is 5.97 Å². The summed E-state index contributed by atoms with van der Waals surface area (Å²) in [5, 5.41) is 53.5. The van der Waals surface area contributed by atoms with E-state index in [1.54, 1.807) is 40.7 Å². The van der Waals surface area contributed by atoms with Gasteiger partial charge in [-0.1, -0.05) is 26.3 Å². The van der Waals surface area contributed by atoms with E-state index in [0.29, 0.717) is 25.9 Å². The van der Waals surface area contributed by atoms with Gasteiger partial charge in [0.1, 0.15) is 30.0 Å². The number of carbonyl (C=O) groups excluding carboxylic acids is 2. The van der Waals surface area contributed by atoms with Crippen molar-refractivity contribution in [3.8, 4) is 0 Å². The van der Waals surface area contributed by atoms with Crippen LogP contribution in [0.15, 0.2) is 11.6 Å². The van der Waals surface area contributed by atoms with Crippen LogP contribution in [0.3, 0.4) is 0 Å². The molecule has 0 spiro atoms. The van der Waals surface area contributed by atoms with E-state index in [9.17, 15) is 30.0 Å². The number of nitrogens with zero attached hydrogens (tertiary/aromatic N) is 1. The quantitative estimate of drug-likeness (QED) is 0.0894. The van der Waals surface area contributed by atoms with Crippen molar-refractivity contribution < 1.29 is 63.2 Å². The summed E-state index contributed by atoms with van der Waals surface area (Å²) in [6, 6.07) is -0.739. The molecule has 3 aliphatic rings. The minimum absolute atomic E-state index is 0.124. The molecule has 61 heavy (non-hydrogen) atoms. The zero-order valence-electron chi connectivity index (χ0n) is 39.8. The van der Waals surface area contributed by atoms with Gasteiger partial charge in [-0.25, -0.2) is 0 Å². The Hall–Kier alpha value is -1.80. The largest absolute Gasteiger partial charge is 0.459 e. The van der Waals surface area contributed by atoms with E-state index in [-0.39, 0.29) is 49.8 Å². The highest BCUT2D eigenvalue weighted by atomic mass is 16.7. The third kappa shape index (κ3) is 13.9. The molecule has 3 saturated heterocycles. The summed E-state index contributed by atoms with van der Waals surface area (Å²) >= 11 is 0. The Morgan fingerprint density at radius 1 is 0.984 bits per heavy atom. The third-order valence-electron chi connectivity index (χ3n) is 13.3. The Kier molecular flexibility index (Phi) is 20.1. The molecule has 16 nitrogen and oxygen atoms in total. The summed E-state index contributed by atoms with van der Waals surface area (Å²) < 4.78 is 45.0. The van der Waals surface area contributed by atoms with Crippen LogP contribution < -0.4 is 10.6 Å². The number of allylic oxidation sites excluding steroid dienone is 1. The molecule has 0 bridgehead atoms. The first-order valence-electron chi connectivity index (χ1n) is 22.4. The number of cyclic esters (lactones) is 1. The lowest BCUT2D eigenvalue weighted by Gasteiger charge is -2.49. The van der Waals surface area contributed by atoms with E-state index in [1.807, 2.05) is 60.5 Å². The Morgan fingerprint density at radius 2 is 1.64 bits per heavy atom. The van der Waals surface area contributed by atoms with Crippen LogP contribution in [-0.4, -0.2) is 168 Å². The number of likely N-dealkylation sites (N-methyl/N-ethyl adjacent to an activating group) is 2. The van der Waals surface area contributed by atoms with E-state index in [0.717, 1.165) is 5.57 Å². The summed E-state index contributed by atoms with van der Waals surface area (Å²) in [5.41, 5.74) is -3.52. The molecule has 18 atom stereocenters. The Bertz CT molecular complexity index is 1410. The van der Waals surface area contributed by atoms with Crippen molar-refractivity contribution in [2.24, 2.45) is 17.8 Å². The second-order valence-corrected chi connectivity index (χ2v) is 19.2. The topological polar surface area (TPSA) is 207 Å². The van der Waals surface area contributed by atoms with Gasteiger partial charge in [-0.05, 0) is 108 Å². The first kappa shape index (κ1) is 53.5. The molecule has 1 amide bonds. The molecule has 3 unspecified atom stereocenters. The number of hydrogen-bond donors (Lipinski definition) is 6. The molecule has 3 fully saturated rings. The predicted octanol–water partition coefficient (Wildman–Crippen LogP) is 3.06. The highest BCUT2D eigenvalue weighted by Gasteiger charge is 2.52. The van der Waals surface area contributed by atoms with Crippen molar-refractivity contribution in [1.29, 1.82) is 0 Å². The molecule has 0 aromatic rings. The molecule has 0 radical (unpaired) electrons. The lowest BCUT2D eigenvalue weighted by molar-refractivity contribution is -0.318. The van der Waals surface area contributed by atoms with Gasteiger partial charge in [-0.2, -0.15) is 0 Å². The van der Waals surface area contributed by atoms with Gasteiger partial charge in [-0.3, -0.25) is 9.59 Å². The smallest absolute Gasteiger partial charge is 0.311 e. The molecule has 0 aromatic heterocycles. The maximum atomic E-state index is 14.4. The summed E-state index contributed by atoms with van der Waals surface area (Å²) in [6.45, 7) is 22.6. The number of aliphatic hydroxyl groups excluding tert-OH is 2. The first-order chi connectivity index (χ1) is 28.3. The number of amides is 1. The highest BCUT2D eigenvalue weighted by molar-refractivity contribution is 5.87. The average molecular weight is 874 g/mol. The fraction of sp³-hybridized carbons (Fsp3) is 0.911. The van der Waals surface area contributed by atoms with Crippen LogP contribution in [0, 0.1) is 17.8 Å². The molecule has 3 rings (SSSR count). The fourth-order valence-corrected chi connectivity index (χ4v) is 9.53. The summed E-state index contributed by atoms with van der Waals surface area (Å²) in [6.07, 6.45) is -5.61. The van der Waals surface area contributed by atoms with Crippen LogP contribution in [0.1, 0.15) is 115 Å². The van der Waals surface area contributed by atoms with Crippen molar-refractivity contribution >= 4 is 11.9 Å². The maximum absolute atomic E-state index is 14.4. The third-order valence-corrected chi connectivity index (χ3v) is 13.3. The van der Waals surface area contributed by atoms with Gasteiger partial charge in [0.2, 0.25) is 5.91 Å². The second-order valence-electron chi connectivity index (χ2n) is 19.2. The van der Waals surface area contributed by atoms with Gasteiger partial charge in [-0.15, -0.1) is 0 Å². The number of esters is 1. The van der Waals surface area contributed by atoms with Gasteiger partial charge in [0, 0.05) is 57.3 Å². The molecule has 356 valence electrons. The van der Waals surface area contributed by atoms with Crippen molar-refractivity contribution in [3.63, 3.8) is 0 Å². The molecule has 0 saturated carbocycles. The van der Waals surface area contributed by atoms with Gasteiger partial charge in [0.15, 0.2) is 12.6 Å². The second kappa shape index (κ2) is 22.9. The van der Waals surface area contributed by atoms with Crippen LogP contribution in [-0.2, 0) is 42.7 Å². The molecule has 6 N–H and O–H groups in total. The number of ether oxygens (including phenoxy) is 7. The molecular weight excluding hydrogens is 791 g/mol. The van der Waals surface area contributed by atoms with Crippen LogP contribution >= 0.6 is 0 Å². The van der Waals surface area contributed by atoms with E-state index in [4.69, 9.17) is 33.2 Å². The summed E-state index contributed by atoms with van der Waals surface area (Å²) in [4.78, 5) is 28.6. The minimum atomic E-state index is -1.82. The van der Waals surface area contributed by atoms with Crippen molar-refractivity contribution in [2.45, 2.75) is 205 Å². The van der Waals surface area contributed by atoms with Crippen molar-refractivity contribution in [1.82, 2.24) is 15.5 Å². The number of carbonyl (C=O) groups is 2. The minimum Gasteiger partial charge on any atom is -0.459 e. The number of hydrogen-bond acceptors (Lipinski definition) is 15. The van der Waals surface area contributed by atoms with Crippen molar-refractivity contribution in [2.75, 3.05) is 40.9 Å². The van der Waals surface area contributed by atoms with Crippen LogP contribution in [0.4, 0.5) is 0 Å². The van der Waals surface area contributed by atoms with E-state index in [2.05, 4.69) is 10.6 Å². The number of nitrogens with one attached hydrogen (secondary N) is 2. The zero-order valence-corrected chi connectivity index (χ0v) is 39.8. The van der Waals surface area contributed by atoms with Crippen LogP contribution in [0.5, 0.6) is 0 Å². The highest BCUT2D eigenvalue weighted by Crippen LogP contribution is 2.40. The summed E-state index contributed by atoms with van der Waals surface area (Å²) in [5.74, 6) is -2.79. The molecule has 3 heterocycles. The first-order valence-corrected chi connectivity index (χ1v) is 22.4. The van der Waals surface area contributed by atoms with Gasteiger partial charge in [0.25, 0.3) is 0 Å². The van der Waals surface area contributed by atoms with Gasteiger partial charge < -0.3 is 69.1 Å². The monoisotopic (exact) mass is 874 g/mol. The Balaban J connectivity index is 2.13. The van der Waals surface area contributed by atoms with Gasteiger partial charge in [0.05, 0.1) is 41.5 Å². The SMILES string of the molecule is CC[C@H]1OC(=O)[C@H](C)[C@@H](O[C@H]2CC(C)(OC)[C@@H](O)[C@H](C)O2)[C@H](C)[C@@H](OC2O[C@H](C)C[C@H](NC)[C@H]2OCCCNC(=O)C=C(C)C)C(C)(O)C[C@@H](C)CN(C)[C@H](C)[C@@H](O)[C@]1(C)O. The normalized spacial score (nSPS) is 43.7. The molecule has 3 aliphatic heterocycles. The average Bonchev–Trinajstić information content (AvgIpc) is 3.17. The lowest BCUT2D eigenvalue weighted by atomic mass is 9.77. The number of methoxy groups -OCH3 is 1. The Morgan fingerprint density at radius 3 is 2.23 bits per heavy atom. The van der Waals surface area contributed by atoms with Crippen molar-refractivity contribution in [3.05, 3.63) is 11.6 Å². The number of rotatable bonds is 13.